The molecule has 3 aromatic carbocycles. The standard InChI is InChI=1S/C19H14O/c1-11-7-8-12(2)17-16(11)18-14-6-4-3-5-13(14)9-10-15(18)19(17)20/h3-10H,1-2H3. The smallest absolute Gasteiger partial charge is 0.194 e. The largest absolute Gasteiger partial charge is 0.289 e. The maximum atomic E-state index is 12.7. The van der Waals surface area contributed by atoms with Gasteiger partial charge in [0.2, 0.25) is 0 Å². The van der Waals surface area contributed by atoms with Crippen LogP contribution in [0.4, 0.5) is 0 Å². The molecule has 96 valence electrons. The molecule has 20 heavy (non-hydrogen) atoms. The van der Waals surface area contributed by atoms with Crippen molar-refractivity contribution in [1.82, 2.24) is 0 Å². The summed E-state index contributed by atoms with van der Waals surface area (Å²) in [4.78, 5) is 12.7. The molecule has 1 aliphatic rings. The summed E-state index contributed by atoms with van der Waals surface area (Å²) in [5.41, 5.74) is 6.21. The first-order valence-electron chi connectivity index (χ1n) is 6.85. The van der Waals surface area contributed by atoms with Gasteiger partial charge in [0.25, 0.3) is 0 Å². The van der Waals surface area contributed by atoms with E-state index in [1.54, 1.807) is 0 Å². The van der Waals surface area contributed by atoms with Gasteiger partial charge in [0, 0.05) is 16.7 Å². The van der Waals surface area contributed by atoms with E-state index >= 15 is 0 Å². The number of fused-ring (bicyclic) bond motifs is 5. The SMILES string of the molecule is Cc1ccc(C)c2c1C(=O)c1ccc3ccccc3c1-2. The number of carbonyl (C=O) groups excluding carboxylic acids is 1. The van der Waals surface area contributed by atoms with Crippen molar-refractivity contribution in [2.45, 2.75) is 13.8 Å². The minimum absolute atomic E-state index is 0.168. The van der Waals surface area contributed by atoms with E-state index in [9.17, 15) is 4.79 Å². The zero-order valence-electron chi connectivity index (χ0n) is 11.5. The Morgan fingerprint density at radius 3 is 2.20 bits per heavy atom. The Labute approximate surface area is 117 Å². The monoisotopic (exact) mass is 258 g/mol. The first kappa shape index (κ1) is 11.4. The van der Waals surface area contributed by atoms with Crippen LogP contribution in [0.5, 0.6) is 0 Å². The zero-order chi connectivity index (χ0) is 13.9. The molecule has 0 fully saturated rings. The number of rotatable bonds is 0. The van der Waals surface area contributed by atoms with Crippen LogP contribution in [0, 0.1) is 13.8 Å². The zero-order valence-corrected chi connectivity index (χ0v) is 11.5. The lowest BCUT2D eigenvalue weighted by Crippen LogP contribution is -1.98. The molecule has 1 nitrogen and oxygen atoms in total. The predicted molar refractivity (Wildman–Crippen MR) is 82.3 cm³/mol. The van der Waals surface area contributed by atoms with Gasteiger partial charge in [-0.05, 0) is 47.4 Å². The second kappa shape index (κ2) is 3.80. The van der Waals surface area contributed by atoms with Crippen LogP contribution in [-0.2, 0) is 0 Å². The topological polar surface area (TPSA) is 17.1 Å². The number of ketones is 1. The highest BCUT2D eigenvalue weighted by Gasteiger charge is 2.30. The maximum Gasteiger partial charge on any atom is 0.194 e. The Hall–Kier alpha value is -2.41. The van der Waals surface area contributed by atoms with E-state index in [0.717, 1.165) is 27.8 Å². The highest BCUT2D eigenvalue weighted by Crippen LogP contribution is 2.44. The molecule has 0 saturated heterocycles. The van der Waals surface area contributed by atoms with Crippen LogP contribution in [0.3, 0.4) is 0 Å². The van der Waals surface area contributed by atoms with Crippen molar-refractivity contribution in [3.8, 4) is 11.1 Å². The predicted octanol–water partition coefficient (Wildman–Crippen LogP) is 4.67. The quantitative estimate of drug-likeness (QED) is 0.448. The molecule has 1 aliphatic carbocycles. The Balaban J connectivity index is 2.25. The van der Waals surface area contributed by atoms with Crippen LogP contribution in [0.25, 0.3) is 21.9 Å². The normalized spacial score (nSPS) is 12.6. The molecule has 0 saturated carbocycles. The Morgan fingerprint density at radius 1 is 0.700 bits per heavy atom. The summed E-state index contributed by atoms with van der Waals surface area (Å²) in [6.45, 7) is 4.10. The van der Waals surface area contributed by atoms with Gasteiger partial charge in [0.05, 0.1) is 0 Å². The summed E-state index contributed by atoms with van der Waals surface area (Å²) in [6.07, 6.45) is 0. The molecule has 0 bridgehead atoms. The fourth-order valence-electron chi connectivity index (χ4n) is 3.29. The molecule has 0 aliphatic heterocycles. The third-order valence-corrected chi connectivity index (χ3v) is 4.27. The van der Waals surface area contributed by atoms with Crippen molar-refractivity contribution < 1.29 is 4.79 Å². The summed E-state index contributed by atoms with van der Waals surface area (Å²) < 4.78 is 0. The first-order chi connectivity index (χ1) is 9.68. The highest BCUT2D eigenvalue weighted by molar-refractivity contribution is 6.27. The Kier molecular flexibility index (Phi) is 2.17. The summed E-state index contributed by atoms with van der Waals surface area (Å²) in [5, 5.41) is 2.36. The van der Waals surface area contributed by atoms with Crippen LogP contribution in [0.2, 0.25) is 0 Å². The van der Waals surface area contributed by atoms with E-state index < -0.39 is 0 Å². The van der Waals surface area contributed by atoms with Crippen molar-refractivity contribution in [1.29, 1.82) is 0 Å². The third-order valence-electron chi connectivity index (χ3n) is 4.27. The van der Waals surface area contributed by atoms with E-state index in [1.165, 1.54) is 16.3 Å². The molecule has 4 rings (SSSR count). The van der Waals surface area contributed by atoms with Crippen LogP contribution in [0.15, 0.2) is 48.5 Å². The molecular weight excluding hydrogens is 244 g/mol. The number of aryl methyl sites for hydroxylation is 2. The molecular formula is C19H14O. The molecule has 0 heterocycles. The lowest BCUT2D eigenvalue weighted by Gasteiger charge is -2.09. The molecule has 3 aromatic rings. The second-order valence-electron chi connectivity index (χ2n) is 5.49. The number of hydrogen-bond acceptors (Lipinski definition) is 1. The number of hydrogen-bond donors (Lipinski definition) is 0. The van der Waals surface area contributed by atoms with Gasteiger partial charge < -0.3 is 0 Å². The highest BCUT2D eigenvalue weighted by atomic mass is 16.1. The van der Waals surface area contributed by atoms with E-state index in [4.69, 9.17) is 0 Å². The minimum atomic E-state index is 0.168. The third kappa shape index (κ3) is 1.30. The average Bonchev–Trinajstić information content (AvgIpc) is 2.78. The van der Waals surface area contributed by atoms with Crippen molar-refractivity contribution in [2.75, 3.05) is 0 Å². The minimum Gasteiger partial charge on any atom is -0.289 e. The summed E-state index contributed by atoms with van der Waals surface area (Å²) in [6, 6.07) is 16.5. The van der Waals surface area contributed by atoms with Crippen molar-refractivity contribution in [2.24, 2.45) is 0 Å². The molecule has 0 N–H and O–H groups in total. The number of carbonyl (C=O) groups is 1. The second-order valence-corrected chi connectivity index (χ2v) is 5.49. The van der Waals surface area contributed by atoms with Gasteiger partial charge in [0.1, 0.15) is 0 Å². The van der Waals surface area contributed by atoms with E-state index in [1.807, 2.05) is 37.3 Å². The first-order valence-corrected chi connectivity index (χ1v) is 6.85. The van der Waals surface area contributed by atoms with Crippen molar-refractivity contribution >= 4 is 16.6 Å². The van der Waals surface area contributed by atoms with Crippen molar-refractivity contribution in [3.63, 3.8) is 0 Å². The van der Waals surface area contributed by atoms with E-state index in [-0.39, 0.29) is 5.78 Å². The summed E-state index contributed by atoms with van der Waals surface area (Å²) >= 11 is 0. The van der Waals surface area contributed by atoms with Gasteiger partial charge in [-0.2, -0.15) is 0 Å². The van der Waals surface area contributed by atoms with Crippen molar-refractivity contribution in [3.05, 3.63) is 70.8 Å². The molecule has 0 atom stereocenters. The fourth-order valence-corrected chi connectivity index (χ4v) is 3.29. The van der Waals surface area contributed by atoms with Crippen LogP contribution >= 0.6 is 0 Å². The van der Waals surface area contributed by atoms with Gasteiger partial charge in [0.15, 0.2) is 5.78 Å². The lowest BCUT2D eigenvalue weighted by atomic mass is 9.94. The van der Waals surface area contributed by atoms with Gasteiger partial charge in [-0.15, -0.1) is 0 Å². The maximum absolute atomic E-state index is 12.7. The fraction of sp³-hybridized carbons (Fsp3) is 0.105. The van der Waals surface area contributed by atoms with Gasteiger partial charge in [-0.1, -0.05) is 42.5 Å². The van der Waals surface area contributed by atoms with Crippen LogP contribution in [0.1, 0.15) is 27.0 Å². The molecule has 0 unspecified atom stereocenters. The van der Waals surface area contributed by atoms with E-state index in [0.29, 0.717) is 0 Å². The Morgan fingerprint density at radius 2 is 1.40 bits per heavy atom. The van der Waals surface area contributed by atoms with Crippen LogP contribution in [-0.4, -0.2) is 5.78 Å². The molecule has 0 amide bonds. The lowest BCUT2D eigenvalue weighted by molar-refractivity contribution is 0.104. The van der Waals surface area contributed by atoms with Gasteiger partial charge in [-0.25, -0.2) is 0 Å². The summed E-state index contributed by atoms with van der Waals surface area (Å²) in [5.74, 6) is 0.168. The van der Waals surface area contributed by atoms with E-state index in [2.05, 4.69) is 25.1 Å². The molecule has 1 heteroatoms. The average molecular weight is 258 g/mol. The Bertz CT molecular complexity index is 888. The van der Waals surface area contributed by atoms with Gasteiger partial charge in [-0.3, -0.25) is 4.79 Å². The molecule has 0 spiro atoms. The molecule has 0 radical (unpaired) electrons. The number of benzene rings is 3. The van der Waals surface area contributed by atoms with Gasteiger partial charge >= 0.3 is 0 Å². The van der Waals surface area contributed by atoms with Crippen LogP contribution < -0.4 is 0 Å². The molecule has 0 aromatic heterocycles. The summed E-state index contributed by atoms with van der Waals surface area (Å²) in [7, 11) is 0.